The normalized spacial score (nSPS) is 15.8. The molecule has 0 saturated carbocycles. The van der Waals surface area contributed by atoms with Gasteiger partial charge in [0, 0.05) is 35.0 Å². The molecule has 0 aromatic heterocycles. The largest absolute Gasteiger partial charge is 0.380 e. The molecule has 0 amide bonds. The molecule has 0 aliphatic heterocycles. The Labute approximate surface area is 89.9 Å². The minimum absolute atomic E-state index is 0.149. The van der Waals surface area contributed by atoms with Crippen LogP contribution in [0.15, 0.2) is 0 Å². The summed E-state index contributed by atoms with van der Waals surface area (Å²) in [7, 11) is -0.760. The predicted molar refractivity (Wildman–Crippen MR) is 61.8 cm³/mol. The molecule has 0 aromatic rings. The molecule has 0 rings (SSSR count). The van der Waals surface area contributed by atoms with Gasteiger partial charge < -0.3 is 10.5 Å². The van der Waals surface area contributed by atoms with Crippen LogP contribution in [0.3, 0.4) is 0 Å². The Bertz CT molecular complexity index is 160. The smallest absolute Gasteiger partial charge is 0.0581 e. The average molecular weight is 221 g/mol. The maximum atomic E-state index is 11.4. The summed E-state index contributed by atoms with van der Waals surface area (Å²) < 4.78 is 16.7. The fraction of sp³-hybridized carbons (Fsp3) is 1.00. The Morgan fingerprint density at radius 2 is 1.93 bits per heavy atom. The van der Waals surface area contributed by atoms with E-state index in [4.69, 9.17) is 10.5 Å². The van der Waals surface area contributed by atoms with Crippen LogP contribution < -0.4 is 5.73 Å². The van der Waals surface area contributed by atoms with Crippen molar-refractivity contribution in [1.29, 1.82) is 0 Å². The lowest BCUT2D eigenvalue weighted by atomic mass is 10.2. The zero-order valence-corrected chi connectivity index (χ0v) is 10.3. The van der Waals surface area contributed by atoms with Crippen LogP contribution in [-0.2, 0) is 15.5 Å². The summed E-state index contributed by atoms with van der Waals surface area (Å²) in [6.07, 6.45) is 0.830. The summed E-state index contributed by atoms with van der Waals surface area (Å²) in [4.78, 5) is 0. The van der Waals surface area contributed by atoms with Crippen molar-refractivity contribution in [2.45, 2.75) is 33.2 Å². The minimum atomic E-state index is -0.760. The van der Waals surface area contributed by atoms with Gasteiger partial charge in [0.05, 0.1) is 6.61 Å². The van der Waals surface area contributed by atoms with Crippen LogP contribution in [0.1, 0.15) is 27.2 Å². The second kappa shape index (κ2) is 8.38. The van der Waals surface area contributed by atoms with E-state index >= 15 is 0 Å². The lowest BCUT2D eigenvalue weighted by Crippen LogP contribution is -2.19. The van der Waals surface area contributed by atoms with Crippen LogP contribution in [0.2, 0.25) is 0 Å². The number of hydrogen-bond acceptors (Lipinski definition) is 3. The summed E-state index contributed by atoms with van der Waals surface area (Å²) in [6, 6.07) is 0.149. The van der Waals surface area contributed by atoms with Gasteiger partial charge in [0.1, 0.15) is 0 Å². The third-order valence-electron chi connectivity index (χ3n) is 1.71. The van der Waals surface area contributed by atoms with Crippen molar-refractivity contribution < 1.29 is 8.95 Å². The van der Waals surface area contributed by atoms with Crippen LogP contribution in [0.25, 0.3) is 0 Å². The molecule has 0 aliphatic carbocycles. The highest BCUT2D eigenvalue weighted by atomic mass is 32.2. The van der Waals surface area contributed by atoms with Crippen LogP contribution in [0.5, 0.6) is 0 Å². The van der Waals surface area contributed by atoms with Gasteiger partial charge in [-0.25, -0.2) is 0 Å². The topological polar surface area (TPSA) is 52.3 Å². The van der Waals surface area contributed by atoms with E-state index < -0.39 is 10.8 Å². The molecule has 2 atom stereocenters. The lowest BCUT2D eigenvalue weighted by Gasteiger charge is -2.07. The van der Waals surface area contributed by atoms with Gasteiger partial charge in [-0.3, -0.25) is 4.21 Å². The molecule has 14 heavy (non-hydrogen) atoms. The van der Waals surface area contributed by atoms with Crippen molar-refractivity contribution in [2.75, 3.05) is 24.7 Å². The van der Waals surface area contributed by atoms with Crippen LogP contribution in [-0.4, -0.2) is 35.0 Å². The van der Waals surface area contributed by atoms with Crippen molar-refractivity contribution in [1.82, 2.24) is 0 Å². The molecule has 0 fully saturated rings. The maximum Gasteiger partial charge on any atom is 0.0581 e. The fourth-order valence-electron chi connectivity index (χ4n) is 0.890. The molecule has 0 saturated heterocycles. The van der Waals surface area contributed by atoms with Gasteiger partial charge in [0.25, 0.3) is 0 Å². The van der Waals surface area contributed by atoms with Gasteiger partial charge in [-0.05, 0) is 19.3 Å². The molecule has 3 nitrogen and oxygen atoms in total. The first-order chi connectivity index (χ1) is 6.52. The van der Waals surface area contributed by atoms with Crippen LogP contribution >= 0.6 is 0 Å². The highest BCUT2D eigenvalue weighted by Crippen LogP contribution is 1.95. The Balaban J connectivity index is 3.27. The number of hydrogen-bond donors (Lipinski definition) is 1. The van der Waals surface area contributed by atoms with Gasteiger partial charge in [0.2, 0.25) is 0 Å². The molecular formula is C10H23NO2S. The second-order valence-corrected chi connectivity index (χ2v) is 5.78. The lowest BCUT2D eigenvalue weighted by molar-refractivity contribution is 0.123. The molecule has 0 aliphatic rings. The van der Waals surface area contributed by atoms with Crippen LogP contribution in [0, 0.1) is 5.92 Å². The van der Waals surface area contributed by atoms with E-state index in [-0.39, 0.29) is 6.04 Å². The molecule has 4 heteroatoms. The average Bonchev–Trinajstić information content (AvgIpc) is 2.08. The minimum Gasteiger partial charge on any atom is -0.380 e. The molecule has 2 N–H and O–H groups in total. The van der Waals surface area contributed by atoms with E-state index in [1.54, 1.807) is 0 Å². The standard InChI is InChI=1S/C10H23NO2S/c1-9(2)8-13-5-7-14(12)6-4-10(3)11/h9-10H,4-8,11H2,1-3H3. The molecule has 0 radical (unpaired) electrons. The Hall–Kier alpha value is 0.0700. The summed E-state index contributed by atoms with van der Waals surface area (Å²) >= 11 is 0. The monoisotopic (exact) mass is 221 g/mol. The van der Waals surface area contributed by atoms with E-state index in [0.717, 1.165) is 13.0 Å². The van der Waals surface area contributed by atoms with E-state index in [9.17, 15) is 4.21 Å². The predicted octanol–water partition coefficient (Wildman–Crippen LogP) is 1.15. The molecule has 0 bridgehead atoms. The van der Waals surface area contributed by atoms with E-state index in [0.29, 0.717) is 24.0 Å². The maximum absolute atomic E-state index is 11.4. The van der Waals surface area contributed by atoms with Gasteiger partial charge in [-0.2, -0.15) is 0 Å². The van der Waals surface area contributed by atoms with E-state index in [1.807, 2.05) is 6.92 Å². The first-order valence-corrected chi connectivity index (χ1v) is 6.69. The van der Waals surface area contributed by atoms with E-state index in [1.165, 1.54) is 0 Å². The fourth-order valence-corrected chi connectivity index (χ4v) is 2.03. The summed E-state index contributed by atoms with van der Waals surface area (Å²) in [5, 5.41) is 0. The van der Waals surface area contributed by atoms with Crippen molar-refractivity contribution >= 4 is 10.8 Å². The number of nitrogens with two attached hydrogens (primary N) is 1. The highest BCUT2D eigenvalue weighted by Gasteiger charge is 2.02. The molecule has 0 aromatic carbocycles. The third kappa shape index (κ3) is 10.2. The summed E-state index contributed by atoms with van der Waals surface area (Å²) in [5.74, 6) is 1.88. The molecule has 2 unspecified atom stereocenters. The van der Waals surface area contributed by atoms with Gasteiger partial charge >= 0.3 is 0 Å². The molecule has 86 valence electrons. The Kier molecular flexibility index (Phi) is 8.43. The molecule has 0 spiro atoms. The Morgan fingerprint density at radius 1 is 1.29 bits per heavy atom. The second-order valence-electron chi connectivity index (χ2n) is 4.08. The third-order valence-corrected chi connectivity index (χ3v) is 3.02. The summed E-state index contributed by atoms with van der Waals surface area (Å²) in [6.45, 7) is 7.50. The highest BCUT2D eigenvalue weighted by molar-refractivity contribution is 7.84. The molecular weight excluding hydrogens is 198 g/mol. The van der Waals surface area contributed by atoms with Crippen molar-refractivity contribution in [2.24, 2.45) is 11.7 Å². The zero-order valence-electron chi connectivity index (χ0n) is 9.49. The number of ether oxygens (including phenoxy) is 1. The molecule has 0 heterocycles. The first-order valence-electron chi connectivity index (χ1n) is 5.20. The zero-order chi connectivity index (χ0) is 11.0. The number of rotatable bonds is 8. The van der Waals surface area contributed by atoms with Crippen molar-refractivity contribution in [3.05, 3.63) is 0 Å². The van der Waals surface area contributed by atoms with Gasteiger partial charge in [-0.15, -0.1) is 0 Å². The Morgan fingerprint density at radius 3 is 2.43 bits per heavy atom. The summed E-state index contributed by atoms with van der Waals surface area (Å²) in [5.41, 5.74) is 5.57. The van der Waals surface area contributed by atoms with Gasteiger partial charge in [-0.1, -0.05) is 13.8 Å². The quantitative estimate of drug-likeness (QED) is 0.625. The van der Waals surface area contributed by atoms with Crippen LogP contribution in [0.4, 0.5) is 0 Å². The SMILES string of the molecule is CC(C)COCCS(=O)CCC(C)N. The van der Waals surface area contributed by atoms with Crippen molar-refractivity contribution in [3.8, 4) is 0 Å². The van der Waals surface area contributed by atoms with Gasteiger partial charge in [0.15, 0.2) is 0 Å². The van der Waals surface area contributed by atoms with E-state index in [2.05, 4.69) is 13.8 Å². The first kappa shape index (κ1) is 14.1. The van der Waals surface area contributed by atoms with Crippen molar-refractivity contribution in [3.63, 3.8) is 0 Å².